The maximum Gasteiger partial charge on any atom is 0.338 e. The molecule has 0 saturated heterocycles. The van der Waals surface area contributed by atoms with Crippen molar-refractivity contribution in [3.63, 3.8) is 0 Å². The first-order valence-electron chi connectivity index (χ1n) is 5.52. The van der Waals surface area contributed by atoms with Crippen LogP contribution in [0, 0.1) is 0 Å². The third-order valence-electron chi connectivity index (χ3n) is 2.09. The normalized spacial score (nSPS) is 9.89. The van der Waals surface area contributed by atoms with Gasteiger partial charge in [0.15, 0.2) is 0 Å². The molecule has 0 bridgehead atoms. The molecule has 5 nitrogen and oxygen atoms in total. The van der Waals surface area contributed by atoms with Gasteiger partial charge in [-0.25, -0.2) is 4.79 Å². The number of nitrogens with one attached hydrogen (secondary N) is 1. The second kappa shape index (κ2) is 6.86. The van der Waals surface area contributed by atoms with Gasteiger partial charge in [-0.2, -0.15) is 0 Å². The Hall–Kier alpha value is -1.75. The van der Waals surface area contributed by atoms with E-state index in [9.17, 15) is 9.59 Å². The Labute approximate surface area is 110 Å². The highest BCUT2D eigenvalue weighted by atomic mass is 35.5. The van der Waals surface area contributed by atoms with Crippen LogP contribution in [0.3, 0.4) is 0 Å². The summed E-state index contributed by atoms with van der Waals surface area (Å²) in [5.41, 5.74) is 6.22. The fourth-order valence-electron chi connectivity index (χ4n) is 1.34. The van der Waals surface area contributed by atoms with Crippen molar-refractivity contribution in [2.75, 3.05) is 18.9 Å². The lowest BCUT2D eigenvalue weighted by atomic mass is 10.2. The van der Waals surface area contributed by atoms with E-state index in [-0.39, 0.29) is 24.5 Å². The van der Waals surface area contributed by atoms with Crippen LogP contribution in [0.25, 0.3) is 0 Å². The molecule has 0 aliphatic carbocycles. The van der Waals surface area contributed by atoms with Gasteiger partial charge in [0.25, 0.3) is 0 Å². The molecule has 1 aromatic carbocycles. The van der Waals surface area contributed by atoms with Gasteiger partial charge < -0.3 is 15.8 Å². The number of carbonyl (C=O) groups excluding carboxylic acids is 2. The zero-order valence-corrected chi connectivity index (χ0v) is 10.8. The molecule has 3 N–H and O–H groups in total. The van der Waals surface area contributed by atoms with E-state index >= 15 is 0 Å². The van der Waals surface area contributed by atoms with Gasteiger partial charge in [-0.3, -0.25) is 4.79 Å². The molecule has 1 rings (SSSR count). The van der Waals surface area contributed by atoms with E-state index in [0.29, 0.717) is 17.3 Å². The number of halogens is 1. The minimum Gasteiger partial charge on any atom is -0.462 e. The van der Waals surface area contributed by atoms with Gasteiger partial charge in [0.1, 0.15) is 6.61 Å². The lowest BCUT2D eigenvalue weighted by Gasteiger charge is -2.06. The van der Waals surface area contributed by atoms with Crippen LogP contribution >= 0.6 is 11.6 Å². The second-order valence-corrected chi connectivity index (χ2v) is 4.05. The summed E-state index contributed by atoms with van der Waals surface area (Å²) in [6.07, 6.45) is 0.135. The second-order valence-electron chi connectivity index (χ2n) is 3.61. The summed E-state index contributed by atoms with van der Waals surface area (Å²) < 4.78 is 4.94. The number of esters is 1. The Balaban J connectivity index is 2.48. The Bertz CT molecular complexity index is 429. The minimum absolute atomic E-state index is 0.0249. The molecule has 0 spiro atoms. The summed E-state index contributed by atoms with van der Waals surface area (Å²) in [4.78, 5) is 22.7. The molecular formula is C12H15ClN2O3. The van der Waals surface area contributed by atoms with E-state index in [0.717, 1.165) is 0 Å². The van der Waals surface area contributed by atoms with Crippen molar-refractivity contribution in [3.8, 4) is 0 Å². The zero-order valence-electron chi connectivity index (χ0n) is 10.0. The fraction of sp³-hybridized carbons (Fsp3) is 0.333. The highest BCUT2D eigenvalue weighted by Gasteiger charge is 2.10. The predicted molar refractivity (Wildman–Crippen MR) is 69.4 cm³/mol. The van der Waals surface area contributed by atoms with Gasteiger partial charge in [0.05, 0.1) is 12.0 Å². The standard InChI is InChI=1S/C12H15ClN2O3/c1-2-15-11(16)3-4-18-12(17)8-5-9(13)7-10(14)6-8/h5-7H,2-4,14H2,1H3,(H,15,16). The zero-order chi connectivity index (χ0) is 13.5. The fourth-order valence-corrected chi connectivity index (χ4v) is 1.58. The number of rotatable bonds is 5. The first-order chi connectivity index (χ1) is 8.52. The highest BCUT2D eigenvalue weighted by Crippen LogP contribution is 2.17. The van der Waals surface area contributed by atoms with Crippen LogP contribution in [-0.2, 0) is 9.53 Å². The smallest absolute Gasteiger partial charge is 0.338 e. The number of nitrogens with two attached hydrogens (primary N) is 1. The van der Waals surface area contributed by atoms with Gasteiger partial charge in [0, 0.05) is 17.3 Å². The van der Waals surface area contributed by atoms with Crippen molar-refractivity contribution in [2.45, 2.75) is 13.3 Å². The Morgan fingerprint density at radius 1 is 1.39 bits per heavy atom. The van der Waals surface area contributed by atoms with Crippen molar-refractivity contribution in [3.05, 3.63) is 28.8 Å². The largest absolute Gasteiger partial charge is 0.462 e. The number of benzene rings is 1. The summed E-state index contributed by atoms with van der Waals surface area (Å²) in [7, 11) is 0. The average molecular weight is 271 g/mol. The van der Waals surface area contributed by atoms with Crippen molar-refractivity contribution >= 4 is 29.2 Å². The molecule has 0 aromatic heterocycles. The molecule has 6 heteroatoms. The van der Waals surface area contributed by atoms with Crippen LogP contribution in [0.5, 0.6) is 0 Å². The first kappa shape index (κ1) is 14.3. The van der Waals surface area contributed by atoms with Crippen LogP contribution in [-0.4, -0.2) is 25.0 Å². The number of anilines is 1. The maximum absolute atomic E-state index is 11.6. The molecule has 1 amide bonds. The van der Waals surface area contributed by atoms with Crippen molar-refractivity contribution < 1.29 is 14.3 Å². The van der Waals surface area contributed by atoms with Crippen LogP contribution in [0.15, 0.2) is 18.2 Å². The summed E-state index contributed by atoms with van der Waals surface area (Å²) >= 11 is 5.77. The van der Waals surface area contributed by atoms with E-state index in [1.54, 1.807) is 0 Å². The third-order valence-corrected chi connectivity index (χ3v) is 2.31. The first-order valence-corrected chi connectivity index (χ1v) is 5.90. The van der Waals surface area contributed by atoms with Gasteiger partial charge >= 0.3 is 5.97 Å². The number of nitrogen functional groups attached to an aromatic ring is 1. The number of hydrogen-bond donors (Lipinski definition) is 2. The topological polar surface area (TPSA) is 81.4 Å². The van der Waals surface area contributed by atoms with Crippen molar-refractivity contribution in [2.24, 2.45) is 0 Å². The Morgan fingerprint density at radius 2 is 2.11 bits per heavy atom. The molecule has 1 aromatic rings. The number of amides is 1. The molecule has 0 unspecified atom stereocenters. The van der Waals surface area contributed by atoms with Gasteiger partial charge in [-0.05, 0) is 25.1 Å². The van der Waals surface area contributed by atoms with Crippen LogP contribution in [0.2, 0.25) is 5.02 Å². The molecule has 0 aliphatic heterocycles. The maximum atomic E-state index is 11.6. The highest BCUT2D eigenvalue weighted by molar-refractivity contribution is 6.31. The third kappa shape index (κ3) is 4.63. The minimum atomic E-state index is -0.548. The number of carbonyl (C=O) groups is 2. The van der Waals surface area contributed by atoms with E-state index in [1.165, 1.54) is 18.2 Å². The van der Waals surface area contributed by atoms with E-state index < -0.39 is 5.97 Å². The van der Waals surface area contributed by atoms with Crippen molar-refractivity contribution in [1.29, 1.82) is 0 Å². The number of hydrogen-bond acceptors (Lipinski definition) is 4. The summed E-state index contributed by atoms with van der Waals surface area (Å²) in [5.74, 6) is -0.704. The van der Waals surface area contributed by atoms with E-state index in [2.05, 4.69) is 5.32 Å². The lowest BCUT2D eigenvalue weighted by Crippen LogP contribution is -2.24. The quantitative estimate of drug-likeness (QED) is 0.629. The molecule has 0 aliphatic rings. The Morgan fingerprint density at radius 3 is 2.72 bits per heavy atom. The molecule has 18 heavy (non-hydrogen) atoms. The van der Waals surface area contributed by atoms with E-state index in [1.807, 2.05) is 6.92 Å². The predicted octanol–water partition coefficient (Wildman–Crippen LogP) is 1.61. The molecule has 0 saturated carbocycles. The summed E-state index contributed by atoms with van der Waals surface area (Å²) in [5, 5.41) is 2.97. The average Bonchev–Trinajstić information content (AvgIpc) is 2.27. The molecule has 0 radical (unpaired) electrons. The molecule has 0 atom stereocenters. The lowest BCUT2D eigenvalue weighted by molar-refractivity contribution is -0.121. The van der Waals surface area contributed by atoms with Crippen molar-refractivity contribution in [1.82, 2.24) is 5.32 Å². The molecule has 98 valence electrons. The Kier molecular flexibility index (Phi) is 5.45. The SMILES string of the molecule is CCNC(=O)CCOC(=O)c1cc(N)cc(Cl)c1. The molecule has 0 fully saturated rings. The van der Waals surface area contributed by atoms with Crippen LogP contribution < -0.4 is 11.1 Å². The van der Waals surface area contributed by atoms with Gasteiger partial charge in [-0.15, -0.1) is 0 Å². The summed E-state index contributed by atoms with van der Waals surface area (Å²) in [6, 6.07) is 4.47. The van der Waals surface area contributed by atoms with Gasteiger partial charge in [0.2, 0.25) is 5.91 Å². The molecular weight excluding hydrogens is 256 g/mol. The monoisotopic (exact) mass is 270 g/mol. The van der Waals surface area contributed by atoms with Crippen LogP contribution in [0.1, 0.15) is 23.7 Å². The van der Waals surface area contributed by atoms with Crippen LogP contribution in [0.4, 0.5) is 5.69 Å². The van der Waals surface area contributed by atoms with Gasteiger partial charge in [-0.1, -0.05) is 11.6 Å². The number of ether oxygens (including phenoxy) is 1. The van der Waals surface area contributed by atoms with E-state index in [4.69, 9.17) is 22.1 Å². The summed E-state index contributed by atoms with van der Waals surface area (Å²) in [6.45, 7) is 2.40. The molecule has 0 heterocycles.